The highest BCUT2D eigenvalue weighted by molar-refractivity contribution is 7.89. The minimum atomic E-state index is -3.54. The van der Waals surface area contributed by atoms with E-state index >= 15 is 0 Å². The average Bonchev–Trinajstić information content (AvgIpc) is 2.71. The van der Waals surface area contributed by atoms with Gasteiger partial charge in [0.25, 0.3) is 0 Å². The molecule has 29 heavy (non-hydrogen) atoms. The van der Waals surface area contributed by atoms with Crippen LogP contribution in [-0.4, -0.2) is 51.0 Å². The van der Waals surface area contributed by atoms with Crippen LogP contribution in [0.5, 0.6) is 0 Å². The smallest absolute Gasteiger partial charge is 0.246 e. The number of carbonyl (C=O) groups is 1. The largest absolute Gasteiger partial charge is 0.379 e. The van der Waals surface area contributed by atoms with Crippen molar-refractivity contribution in [3.05, 3.63) is 53.6 Å². The summed E-state index contributed by atoms with van der Waals surface area (Å²) in [5.41, 5.74) is 3.69. The molecule has 1 aliphatic rings. The number of carbonyl (C=O) groups excluding carboxylic acids is 1. The molecule has 7 nitrogen and oxygen atoms in total. The molecule has 0 aliphatic carbocycles. The van der Waals surface area contributed by atoms with Gasteiger partial charge in [-0.25, -0.2) is 8.42 Å². The predicted molar refractivity (Wildman–Crippen MR) is 114 cm³/mol. The Balaban J connectivity index is 1.63. The third-order valence-corrected chi connectivity index (χ3v) is 6.79. The Kier molecular flexibility index (Phi) is 6.56. The lowest BCUT2D eigenvalue weighted by molar-refractivity contribution is -0.116. The molecule has 0 bridgehead atoms. The first-order valence-electron chi connectivity index (χ1n) is 9.60. The van der Waals surface area contributed by atoms with Crippen molar-refractivity contribution in [1.29, 1.82) is 0 Å². The van der Waals surface area contributed by atoms with Gasteiger partial charge in [0.05, 0.1) is 18.1 Å². The van der Waals surface area contributed by atoms with Crippen LogP contribution in [0.4, 0.5) is 11.4 Å². The number of hydrogen-bond donors (Lipinski definition) is 2. The first kappa shape index (κ1) is 21.3. The van der Waals surface area contributed by atoms with E-state index < -0.39 is 16.1 Å². The Bertz CT molecular complexity index is 968. The maximum absolute atomic E-state index is 12.7. The quantitative estimate of drug-likeness (QED) is 0.755. The Labute approximate surface area is 172 Å². The number of sulfonamides is 1. The third kappa shape index (κ3) is 5.14. The Morgan fingerprint density at radius 3 is 2.34 bits per heavy atom. The lowest BCUT2D eigenvalue weighted by Crippen LogP contribution is -2.40. The van der Waals surface area contributed by atoms with Crippen molar-refractivity contribution in [2.24, 2.45) is 0 Å². The van der Waals surface area contributed by atoms with E-state index in [1.165, 1.54) is 16.4 Å². The number of hydrogen-bond acceptors (Lipinski definition) is 5. The van der Waals surface area contributed by atoms with Crippen LogP contribution in [-0.2, 0) is 19.6 Å². The molecule has 1 amide bonds. The van der Waals surface area contributed by atoms with Gasteiger partial charge in [0.1, 0.15) is 6.04 Å². The lowest BCUT2D eigenvalue weighted by Gasteiger charge is -2.26. The average molecular weight is 418 g/mol. The van der Waals surface area contributed by atoms with Gasteiger partial charge in [-0.2, -0.15) is 4.31 Å². The van der Waals surface area contributed by atoms with Gasteiger partial charge in [0.2, 0.25) is 15.9 Å². The van der Waals surface area contributed by atoms with Crippen LogP contribution < -0.4 is 10.6 Å². The maximum atomic E-state index is 12.7. The van der Waals surface area contributed by atoms with Gasteiger partial charge in [-0.1, -0.05) is 17.7 Å². The summed E-state index contributed by atoms with van der Waals surface area (Å²) < 4.78 is 32.0. The summed E-state index contributed by atoms with van der Waals surface area (Å²) in [5.74, 6) is -0.200. The Morgan fingerprint density at radius 2 is 1.72 bits per heavy atom. The van der Waals surface area contributed by atoms with E-state index in [1.54, 1.807) is 19.1 Å². The van der Waals surface area contributed by atoms with Crippen LogP contribution in [0, 0.1) is 13.8 Å². The zero-order valence-electron chi connectivity index (χ0n) is 16.9. The molecule has 0 saturated carbocycles. The maximum Gasteiger partial charge on any atom is 0.246 e. The van der Waals surface area contributed by atoms with Crippen molar-refractivity contribution in [3.8, 4) is 0 Å². The monoisotopic (exact) mass is 417 g/mol. The molecule has 1 heterocycles. The van der Waals surface area contributed by atoms with Gasteiger partial charge < -0.3 is 15.4 Å². The van der Waals surface area contributed by atoms with Gasteiger partial charge in [-0.05, 0) is 56.7 Å². The number of nitrogens with zero attached hydrogens (tertiary/aromatic N) is 1. The first-order valence-corrected chi connectivity index (χ1v) is 11.0. The summed E-state index contributed by atoms with van der Waals surface area (Å²) in [6, 6.07) is 11.8. The first-order chi connectivity index (χ1) is 13.8. The molecule has 0 radical (unpaired) electrons. The fraction of sp³-hybridized carbons (Fsp3) is 0.381. The number of benzene rings is 2. The molecule has 2 aromatic carbocycles. The zero-order valence-corrected chi connectivity index (χ0v) is 17.8. The number of morpholine rings is 1. The molecule has 1 unspecified atom stereocenters. The second-order valence-electron chi connectivity index (χ2n) is 7.21. The standard InChI is InChI=1S/C21H27N3O4S/c1-15-4-9-20(16(2)14-15)22-17(3)21(25)23-18-5-7-19(8-6-18)29(26,27)24-10-12-28-13-11-24/h4-9,14,17,22H,10-13H2,1-3H3,(H,23,25). The van der Waals surface area contributed by atoms with Crippen LogP contribution >= 0.6 is 0 Å². The number of aryl methyl sites for hydroxylation is 2. The minimum absolute atomic E-state index is 0.200. The highest BCUT2D eigenvalue weighted by Crippen LogP contribution is 2.20. The molecule has 1 fully saturated rings. The fourth-order valence-electron chi connectivity index (χ4n) is 3.17. The molecule has 1 aliphatic heterocycles. The van der Waals surface area contributed by atoms with Crippen LogP contribution in [0.25, 0.3) is 0 Å². The molecule has 1 saturated heterocycles. The highest BCUT2D eigenvalue weighted by atomic mass is 32.2. The summed E-state index contributed by atoms with van der Waals surface area (Å²) in [4.78, 5) is 12.7. The molecule has 8 heteroatoms. The van der Waals surface area contributed by atoms with Crippen molar-refractivity contribution < 1.29 is 17.9 Å². The highest BCUT2D eigenvalue weighted by Gasteiger charge is 2.26. The number of anilines is 2. The number of nitrogens with one attached hydrogen (secondary N) is 2. The number of rotatable bonds is 6. The zero-order chi connectivity index (χ0) is 21.0. The SMILES string of the molecule is Cc1ccc(NC(C)C(=O)Nc2ccc(S(=O)(=O)N3CCOCC3)cc2)c(C)c1. The summed E-state index contributed by atoms with van der Waals surface area (Å²) in [7, 11) is -3.54. The van der Waals surface area contributed by atoms with E-state index in [2.05, 4.69) is 16.7 Å². The summed E-state index contributed by atoms with van der Waals surface area (Å²) >= 11 is 0. The van der Waals surface area contributed by atoms with E-state index in [0.29, 0.717) is 32.0 Å². The van der Waals surface area contributed by atoms with Crippen molar-refractivity contribution in [1.82, 2.24) is 4.31 Å². The minimum Gasteiger partial charge on any atom is -0.379 e. The number of amides is 1. The summed E-state index contributed by atoms with van der Waals surface area (Å²) in [5, 5.41) is 6.03. The molecule has 156 valence electrons. The molecule has 3 rings (SSSR count). The van der Waals surface area contributed by atoms with E-state index in [-0.39, 0.29) is 10.8 Å². The molecular formula is C21H27N3O4S. The van der Waals surface area contributed by atoms with E-state index in [1.807, 2.05) is 26.0 Å². The molecule has 0 spiro atoms. The third-order valence-electron chi connectivity index (χ3n) is 4.88. The van der Waals surface area contributed by atoms with Crippen LogP contribution in [0.3, 0.4) is 0 Å². The molecule has 0 aromatic heterocycles. The molecular weight excluding hydrogens is 390 g/mol. The van der Waals surface area contributed by atoms with Crippen molar-refractivity contribution in [2.75, 3.05) is 36.9 Å². The Hall–Kier alpha value is -2.42. The van der Waals surface area contributed by atoms with Gasteiger partial charge >= 0.3 is 0 Å². The van der Waals surface area contributed by atoms with Gasteiger partial charge in [0, 0.05) is 24.5 Å². The van der Waals surface area contributed by atoms with E-state index in [4.69, 9.17) is 4.74 Å². The second kappa shape index (κ2) is 8.94. The predicted octanol–water partition coefficient (Wildman–Crippen LogP) is 2.76. The van der Waals surface area contributed by atoms with Crippen LogP contribution in [0.1, 0.15) is 18.1 Å². The summed E-state index contributed by atoms with van der Waals surface area (Å²) in [6.45, 7) is 7.30. The normalized spacial score (nSPS) is 16.2. The van der Waals surface area contributed by atoms with E-state index in [0.717, 1.165) is 16.8 Å². The van der Waals surface area contributed by atoms with Crippen LogP contribution in [0.15, 0.2) is 47.4 Å². The molecule has 2 aromatic rings. The fourth-order valence-corrected chi connectivity index (χ4v) is 4.58. The second-order valence-corrected chi connectivity index (χ2v) is 9.15. The topological polar surface area (TPSA) is 87.7 Å². The Morgan fingerprint density at radius 1 is 1.07 bits per heavy atom. The summed E-state index contributed by atoms with van der Waals surface area (Å²) in [6.07, 6.45) is 0. The van der Waals surface area contributed by atoms with Crippen molar-refractivity contribution in [2.45, 2.75) is 31.7 Å². The van der Waals surface area contributed by atoms with Crippen LogP contribution in [0.2, 0.25) is 0 Å². The molecule has 2 N–H and O–H groups in total. The van der Waals surface area contributed by atoms with Gasteiger partial charge in [-0.15, -0.1) is 0 Å². The van der Waals surface area contributed by atoms with E-state index in [9.17, 15) is 13.2 Å². The number of ether oxygens (including phenoxy) is 1. The van der Waals surface area contributed by atoms with Gasteiger partial charge in [-0.3, -0.25) is 4.79 Å². The van der Waals surface area contributed by atoms with Crippen molar-refractivity contribution in [3.63, 3.8) is 0 Å². The lowest BCUT2D eigenvalue weighted by atomic mass is 10.1. The van der Waals surface area contributed by atoms with Gasteiger partial charge in [0.15, 0.2) is 0 Å². The van der Waals surface area contributed by atoms with Crippen molar-refractivity contribution >= 4 is 27.3 Å². The molecule has 1 atom stereocenters.